The average Bonchev–Trinajstić information content (AvgIpc) is 2.85. The van der Waals surface area contributed by atoms with Crippen molar-refractivity contribution in [2.45, 2.75) is 6.18 Å². The van der Waals surface area contributed by atoms with Crippen molar-refractivity contribution in [3.8, 4) is 5.82 Å². The van der Waals surface area contributed by atoms with Gasteiger partial charge in [-0.3, -0.25) is 9.36 Å². The van der Waals surface area contributed by atoms with Crippen LogP contribution in [-0.4, -0.2) is 20.7 Å². The Morgan fingerprint density at radius 3 is 2.70 bits per heavy atom. The van der Waals surface area contributed by atoms with Crippen LogP contribution in [0.4, 0.5) is 13.2 Å². The van der Waals surface area contributed by atoms with Gasteiger partial charge in [-0.25, -0.2) is 4.98 Å². The number of pyridine rings is 1. The SMILES string of the molecule is O=C(CBr)c1cccn1-c1ncc(C(F)(F)F)cc1Cl. The second kappa shape index (κ2) is 5.57. The summed E-state index contributed by atoms with van der Waals surface area (Å²) < 4.78 is 39.0. The maximum atomic E-state index is 12.5. The van der Waals surface area contributed by atoms with Crippen LogP contribution in [0.1, 0.15) is 16.1 Å². The molecule has 0 bridgehead atoms. The summed E-state index contributed by atoms with van der Waals surface area (Å²) in [5.74, 6) is -0.151. The largest absolute Gasteiger partial charge is 0.417 e. The Hall–Kier alpha value is -1.34. The zero-order valence-electron chi connectivity index (χ0n) is 9.79. The lowest BCUT2D eigenvalue weighted by Gasteiger charge is -2.11. The summed E-state index contributed by atoms with van der Waals surface area (Å²) in [5.41, 5.74) is -0.650. The van der Waals surface area contributed by atoms with Crippen LogP contribution in [0.15, 0.2) is 30.6 Å². The molecule has 2 heterocycles. The number of carbonyl (C=O) groups excluding carboxylic acids is 1. The molecule has 0 atom stereocenters. The summed E-state index contributed by atoms with van der Waals surface area (Å²) in [5, 5.41) is -0.0884. The maximum absolute atomic E-state index is 12.5. The minimum Gasteiger partial charge on any atom is -0.297 e. The lowest BCUT2D eigenvalue weighted by molar-refractivity contribution is -0.137. The number of aromatic nitrogens is 2. The van der Waals surface area contributed by atoms with E-state index >= 15 is 0 Å². The number of hydrogen-bond acceptors (Lipinski definition) is 2. The molecule has 0 aromatic carbocycles. The second-order valence-corrected chi connectivity index (χ2v) is 4.82. The summed E-state index contributed by atoms with van der Waals surface area (Å²) in [6.07, 6.45) is -2.32. The van der Waals surface area contributed by atoms with Gasteiger partial charge in [-0.1, -0.05) is 27.5 Å². The highest BCUT2D eigenvalue weighted by molar-refractivity contribution is 9.09. The van der Waals surface area contributed by atoms with Crippen molar-refractivity contribution in [2.24, 2.45) is 0 Å². The zero-order valence-corrected chi connectivity index (χ0v) is 12.1. The molecule has 2 aromatic rings. The van der Waals surface area contributed by atoms with Crippen LogP contribution in [0, 0.1) is 0 Å². The number of hydrogen-bond donors (Lipinski definition) is 0. The van der Waals surface area contributed by atoms with Gasteiger partial charge in [0.25, 0.3) is 0 Å². The number of nitrogens with zero attached hydrogens (tertiary/aromatic N) is 2. The predicted molar refractivity (Wildman–Crippen MR) is 71.7 cm³/mol. The molecule has 106 valence electrons. The number of rotatable bonds is 3. The van der Waals surface area contributed by atoms with Gasteiger partial charge in [-0.05, 0) is 18.2 Å². The molecule has 8 heteroatoms. The summed E-state index contributed by atoms with van der Waals surface area (Å²) in [4.78, 5) is 15.4. The number of ketones is 1. The molecule has 0 aliphatic rings. The highest BCUT2D eigenvalue weighted by Crippen LogP contribution is 2.32. The predicted octanol–water partition coefficient (Wildman–Crippen LogP) is 4.12. The zero-order chi connectivity index (χ0) is 14.9. The van der Waals surface area contributed by atoms with Gasteiger partial charge in [-0.2, -0.15) is 13.2 Å². The number of carbonyl (C=O) groups is 1. The summed E-state index contributed by atoms with van der Waals surface area (Å²) in [6.45, 7) is 0. The van der Waals surface area contributed by atoms with Gasteiger partial charge in [-0.15, -0.1) is 0 Å². The Morgan fingerprint density at radius 2 is 2.15 bits per heavy atom. The number of alkyl halides is 4. The third-order valence-corrected chi connectivity index (χ3v) is 3.32. The van der Waals surface area contributed by atoms with Gasteiger partial charge < -0.3 is 0 Å². The molecule has 2 aromatic heterocycles. The maximum Gasteiger partial charge on any atom is 0.417 e. The number of Topliss-reactive ketones (excluding diaryl/α,β-unsaturated/α-hetero) is 1. The molecular formula is C12H7BrClF3N2O. The Bertz CT molecular complexity index is 654. The summed E-state index contributed by atoms with van der Waals surface area (Å²) >= 11 is 8.87. The smallest absolute Gasteiger partial charge is 0.297 e. The summed E-state index contributed by atoms with van der Waals surface area (Å²) in [7, 11) is 0. The van der Waals surface area contributed by atoms with Crippen LogP contribution in [0.3, 0.4) is 0 Å². The Morgan fingerprint density at radius 1 is 1.45 bits per heavy atom. The molecule has 0 saturated heterocycles. The molecule has 0 saturated carbocycles. The molecule has 0 unspecified atom stereocenters. The van der Waals surface area contributed by atoms with Crippen LogP contribution in [0.5, 0.6) is 0 Å². The van der Waals surface area contributed by atoms with E-state index in [1.807, 2.05) is 0 Å². The van der Waals surface area contributed by atoms with Gasteiger partial charge >= 0.3 is 6.18 Å². The van der Waals surface area contributed by atoms with Gasteiger partial charge in [0.1, 0.15) is 0 Å². The van der Waals surface area contributed by atoms with Crippen molar-refractivity contribution in [3.63, 3.8) is 0 Å². The second-order valence-electron chi connectivity index (χ2n) is 3.85. The van der Waals surface area contributed by atoms with Crippen molar-refractivity contribution in [2.75, 3.05) is 5.33 Å². The van der Waals surface area contributed by atoms with Crippen molar-refractivity contribution >= 4 is 33.3 Å². The van der Waals surface area contributed by atoms with Crippen molar-refractivity contribution in [1.82, 2.24) is 9.55 Å². The fourth-order valence-electron chi connectivity index (χ4n) is 1.62. The van der Waals surface area contributed by atoms with Crippen molar-refractivity contribution < 1.29 is 18.0 Å². The van der Waals surface area contributed by atoms with E-state index in [0.717, 1.165) is 6.07 Å². The molecule has 0 spiro atoms. The minimum absolute atomic E-state index is 0.0777. The van der Waals surface area contributed by atoms with E-state index in [2.05, 4.69) is 20.9 Å². The minimum atomic E-state index is -4.51. The van der Waals surface area contributed by atoms with Crippen LogP contribution >= 0.6 is 27.5 Å². The highest BCUT2D eigenvalue weighted by atomic mass is 79.9. The van der Waals surface area contributed by atoms with E-state index in [1.54, 1.807) is 12.1 Å². The van der Waals surface area contributed by atoms with Crippen LogP contribution in [-0.2, 0) is 6.18 Å². The molecule has 0 fully saturated rings. The number of halogens is 5. The van der Waals surface area contributed by atoms with E-state index in [4.69, 9.17) is 11.6 Å². The first-order chi connectivity index (χ1) is 9.34. The van der Waals surface area contributed by atoms with E-state index < -0.39 is 11.7 Å². The molecule has 0 radical (unpaired) electrons. The third kappa shape index (κ3) is 2.88. The first-order valence-corrected chi connectivity index (χ1v) is 6.84. The molecule has 0 amide bonds. The first-order valence-electron chi connectivity index (χ1n) is 5.34. The van der Waals surface area contributed by atoms with Gasteiger partial charge in [0.2, 0.25) is 0 Å². The Balaban J connectivity index is 2.50. The van der Waals surface area contributed by atoms with Gasteiger partial charge in [0.15, 0.2) is 11.6 Å². The van der Waals surface area contributed by atoms with E-state index in [-0.39, 0.29) is 27.6 Å². The fourth-order valence-corrected chi connectivity index (χ4v) is 2.17. The van der Waals surface area contributed by atoms with Crippen LogP contribution in [0.2, 0.25) is 5.02 Å². The van der Waals surface area contributed by atoms with Gasteiger partial charge in [0.05, 0.1) is 21.6 Å². The lowest BCUT2D eigenvalue weighted by atomic mass is 10.2. The first kappa shape index (κ1) is 15.1. The Labute approximate surface area is 125 Å². The van der Waals surface area contributed by atoms with Crippen LogP contribution in [0.25, 0.3) is 5.82 Å². The fraction of sp³-hybridized carbons (Fsp3) is 0.167. The molecule has 3 nitrogen and oxygen atoms in total. The molecule has 0 aliphatic heterocycles. The van der Waals surface area contributed by atoms with Crippen molar-refractivity contribution in [3.05, 3.63) is 46.9 Å². The third-order valence-electron chi connectivity index (χ3n) is 2.53. The standard InChI is InChI=1S/C12H7BrClF3N2O/c13-5-10(20)9-2-1-3-19(9)11-8(14)4-7(6-18-11)12(15,16)17/h1-4,6H,5H2. The van der Waals surface area contributed by atoms with Gasteiger partial charge in [0, 0.05) is 12.4 Å². The lowest BCUT2D eigenvalue weighted by Crippen LogP contribution is -2.11. The highest BCUT2D eigenvalue weighted by Gasteiger charge is 2.31. The normalized spacial score (nSPS) is 11.7. The monoisotopic (exact) mass is 366 g/mol. The quantitative estimate of drug-likeness (QED) is 0.604. The van der Waals surface area contributed by atoms with Crippen molar-refractivity contribution in [1.29, 1.82) is 0 Å². The average molecular weight is 368 g/mol. The molecule has 2 rings (SSSR count). The summed E-state index contributed by atoms with van der Waals surface area (Å²) in [6, 6.07) is 3.91. The van der Waals surface area contributed by atoms with E-state index in [0.29, 0.717) is 6.20 Å². The molecular weight excluding hydrogens is 360 g/mol. The Kier molecular flexibility index (Phi) is 4.19. The van der Waals surface area contributed by atoms with Crippen LogP contribution < -0.4 is 0 Å². The molecule has 0 aliphatic carbocycles. The molecule has 20 heavy (non-hydrogen) atoms. The van der Waals surface area contributed by atoms with E-state index in [9.17, 15) is 18.0 Å². The van der Waals surface area contributed by atoms with E-state index in [1.165, 1.54) is 10.8 Å². The molecule has 0 N–H and O–H groups in total. The topological polar surface area (TPSA) is 34.9 Å².